The molecule has 0 aromatic rings. The maximum Gasteiger partial charge on any atom is 0.323 e. The third-order valence-electron chi connectivity index (χ3n) is 0.919. The number of amidine groups is 1. The smallest absolute Gasteiger partial charge is 0.323 e. The summed E-state index contributed by atoms with van der Waals surface area (Å²) in [6.07, 6.45) is 0. The highest BCUT2D eigenvalue weighted by Gasteiger charge is 2.14. The summed E-state index contributed by atoms with van der Waals surface area (Å²) in [7, 11) is 0. The van der Waals surface area contributed by atoms with Crippen molar-refractivity contribution in [3.05, 3.63) is 0 Å². The Hall–Kier alpha value is -0.970. The predicted octanol–water partition coefficient (Wildman–Crippen LogP) is -1.58. The van der Waals surface area contributed by atoms with E-state index >= 15 is 0 Å². The van der Waals surface area contributed by atoms with Crippen LogP contribution in [0.5, 0.6) is 0 Å². The van der Waals surface area contributed by atoms with Crippen molar-refractivity contribution in [2.45, 2.75) is 0 Å². The molecule has 5 nitrogen and oxygen atoms in total. The van der Waals surface area contributed by atoms with Crippen LogP contribution in [0.1, 0.15) is 0 Å². The van der Waals surface area contributed by atoms with E-state index in [0.717, 1.165) is 0 Å². The first-order chi connectivity index (χ1) is 3.84. The summed E-state index contributed by atoms with van der Waals surface area (Å²) >= 11 is 0. The maximum atomic E-state index is 5.29. The third-order valence-corrected chi connectivity index (χ3v) is 0.919. The van der Waals surface area contributed by atoms with Crippen LogP contribution >= 0.6 is 0 Å². The molecule has 0 aromatic carbocycles. The van der Waals surface area contributed by atoms with Gasteiger partial charge in [-0.05, 0) is 0 Å². The van der Waals surface area contributed by atoms with Crippen molar-refractivity contribution in [1.29, 1.82) is 0 Å². The van der Waals surface area contributed by atoms with Crippen LogP contribution in [0.4, 0.5) is 0 Å². The summed E-state index contributed by atoms with van der Waals surface area (Å²) in [6.45, 7) is 1.24. The van der Waals surface area contributed by atoms with E-state index < -0.39 is 0 Å². The zero-order chi connectivity index (χ0) is 5.98. The highest BCUT2D eigenvalue weighted by Crippen LogP contribution is 1.94. The summed E-state index contributed by atoms with van der Waals surface area (Å²) in [4.78, 5) is 0. The van der Waals surface area contributed by atoms with Gasteiger partial charge in [0.25, 0.3) is 0 Å². The van der Waals surface area contributed by atoms with E-state index in [1.54, 1.807) is 0 Å². The minimum atomic E-state index is 0.310. The zero-order valence-electron chi connectivity index (χ0n) is 4.37. The fourth-order valence-electron chi connectivity index (χ4n) is 0.525. The molecular weight excluding hydrogens is 108 g/mol. The molecule has 5 heteroatoms. The van der Waals surface area contributed by atoms with E-state index in [-0.39, 0.29) is 0 Å². The van der Waals surface area contributed by atoms with Crippen LogP contribution in [-0.4, -0.2) is 24.2 Å². The lowest BCUT2D eigenvalue weighted by Crippen LogP contribution is -2.33. The number of hydrazone groups is 1. The van der Waals surface area contributed by atoms with Crippen molar-refractivity contribution in [2.75, 3.05) is 13.2 Å². The fourth-order valence-corrected chi connectivity index (χ4v) is 0.525. The Kier molecular flexibility index (Phi) is 1.21. The second kappa shape index (κ2) is 1.87. The monoisotopic (exact) mass is 116 g/mol. The normalized spacial score (nSPS) is 24.1. The van der Waals surface area contributed by atoms with E-state index in [0.29, 0.717) is 19.2 Å². The first-order valence-electron chi connectivity index (χ1n) is 2.27. The van der Waals surface area contributed by atoms with E-state index in [1.165, 1.54) is 5.01 Å². The molecule has 0 aromatic heterocycles. The van der Waals surface area contributed by atoms with Gasteiger partial charge in [0.2, 0.25) is 0 Å². The van der Waals surface area contributed by atoms with Crippen molar-refractivity contribution in [3.63, 3.8) is 0 Å². The molecule has 1 aliphatic heterocycles. The Morgan fingerprint density at radius 1 is 1.75 bits per heavy atom. The number of hydrogen-bond acceptors (Lipinski definition) is 4. The van der Waals surface area contributed by atoms with Crippen molar-refractivity contribution in [3.8, 4) is 0 Å². The maximum absolute atomic E-state index is 5.29. The quantitative estimate of drug-likeness (QED) is 0.296. The second-order valence-electron chi connectivity index (χ2n) is 1.45. The zero-order valence-corrected chi connectivity index (χ0v) is 4.37. The number of rotatable bonds is 0. The van der Waals surface area contributed by atoms with Crippen LogP contribution in [0, 0.1) is 0 Å². The molecule has 0 atom stereocenters. The van der Waals surface area contributed by atoms with Gasteiger partial charge < -0.3 is 10.6 Å². The molecule has 1 rings (SSSR count). The second-order valence-corrected chi connectivity index (χ2v) is 1.45. The van der Waals surface area contributed by atoms with Gasteiger partial charge in [0.05, 0.1) is 6.54 Å². The molecule has 4 N–H and O–H groups in total. The average Bonchev–Trinajstić information content (AvgIpc) is 2.14. The highest BCUT2D eigenvalue weighted by atomic mass is 16.5. The van der Waals surface area contributed by atoms with E-state index in [2.05, 4.69) is 5.10 Å². The lowest BCUT2D eigenvalue weighted by atomic mass is 10.7. The Morgan fingerprint density at radius 3 is 2.75 bits per heavy atom. The number of ether oxygens (including phenoxy) is 1. The molecule has 0 unspecified atom stereocenters. The van der Waals surface area contributed by atoms with Gasteiger partial charge in [0.1, 0.15) is 6.61 Å². The molecule has 1 fully saturated rings. The molecule has 0 bridgehead atoms. The van der Waals surface area contributed by atoms with Crippen LogP contribution in [0.15, 0.2) is 5.10 Å². The number of nitrogens with two attached hydrogens (primary N) is 2. The molecule has 0 saturated carbocycles. The van der Waals surface area contributed by atoms with Gasteiger partial charge in [-0.1, -0.05) is 0 Å². The van der Waals surface area contributed by atoms with Crippen molar-refractivity contribution in [1.82, 2.24) is 5.01 Å². The van der Waals surface area contributed by atoms with Gasteiger partial charge in [-0.25, -0.2) is 5.84 Å². The van der Waals surface area contributed by atoms with Crippen LogP contribution in [0.3, 0.4) is 0 Å². The van der Waals surface area contributed by atoms with Gasteiger partial charge in [-0.15, -0.1) is 5.10 Å². The molecule has 0 radical (unpaired) electrons. The Labute approximate surface area is 46.9 Å². The average molecular weight is 116 g/mol. The Balaban J connectivity index is 2.55. The topological polar surface area (TPSA) is 76.9 Å². The van der Waals surface area contributed by atoms with Crippen LogP contribution in [0.2, 0.25) is 0 Å². The number of nitrogens with zero attached hydrogens (tertiary/aromatic N) is 2. The highest BCUT2D eigenvalue weighted by molar-refractivity contribution is 5.74. The van der Waals surface area contributed by atoms with Crippen molar-refractivity contribution < 1.29 is 4.74 Å². The summed E-state index contributed by atoms with van der Waals surface area (Å²) in [6, 6.07) is 0.310. The lowest BCUT2D eigenvalue weighted by Gasteiger charge is -2.03. The van der Waals surface area contributed by atoms with Gasteiger partial charge >= 0.3 is 6.02 Å². The summed E-state index contributed by atoms with van der Waals surface area (Å²) in [5.41, 5.74) is 0. The van der Waals surface area contributed by atoms with Gasteiger partial charge in [-0.3, -0.25) is 5.01 Å². The van der Waals surface area contributed by atoms with Gasteiger partial charge in [0.15, 0.2) is 0 Å². The van der Waals surface area contributed by atoms with Gasteiger partial charge in [-0.2, -0.15) is 0 Å². The van der Waals surface area contributed by atoms with Gasteiger partial charge in [0, 0.05) is 0 Å². The van der Waals surface area contributed by atoms with Crippen molar-refractivity contribution >= 4 is 6.02 Å². The first-order valence-corrected chi connectivity index (χ1v) is 2.27. The molecule has 46 valence electrons. The molecule has 8 heavy (non-hydrogen) atoms. The predicted molar refractivity (Wildman–Crippen MR) is 28.5 cm³/mol. The fraction of sp³-hybridized carbons (Fsp3) is 0.667. The van der Waals surface area contributed by atoms with Crippen LogP contribution in [-0.2, 0) is 4.74 Å². The molecule has 0 spiro atoms. The molecule has 1 saturated heterocycles. The molecule has 1 aliphatic rings. The molecule has 0 amide bonds. The first kappa shape index (κ1) is 5.17. The van der Waals surface area contributed by atoms with E-state index in [4.69, 9.17) is 16.4 Å². The molecular formula is C3H8N4O. The van der Waals surface area contributed by atoms with Crippen molar-refractivity contribution in [2.24, 2.45) is 16.8 Å². The lowest BCUT2D eigenvalue weighted by molar-refractivity contribution is 0.350. The Bertz CT molecular complexity index is 112. The van der Waals surface area contributed by atoms with E-state index in [1.807, 2.05) is 0 Å². The van der Waals surface area contributed by atoms with Crippen LogP contribution in [0.25, 0.3) is 0 Å². The molecule has 1 heterocycles. The SMILES string of the molecule is NN=C1OCCN1N. The molecule has 0 aliphatic carbocycles. The van der Waals surface area contributed by atoms with Crippen LogP contribution < -0.4 is 11.7 Å². The van der Waals surface area contributed by atoms with E-state index in [9.17, 15) is 0 Å². The standard InChI is InChI=1S/C3H8N4O/c4-6-3-7(5)1-2-8-3/h1-2,4-5H2. The Morgan fingerprint density at radius 2 is 2.50 bits per heavy atom. The number of hydrazine groups is 1. The number of hydrogen-bond donors (Lipinski definition) is 2. The minimum Gasteiger partial charge on any atom is -0.461 e. The largest absolute Gasteiger partial charge is 0.461 e. The minimum absolute atomic E-state index is 0.310. The summed E-state index contributed by atoms with van der Waals surface area (Å²) in [5.74, 6) is 10.2. The summed E-state index contributed by atoms with van der Waals surface area (Å²) < 4.78 is 4.84. The summed E-state index contributed by atoms with van der Waals surface area (Å²) in [5, 5.41) is 4.62. The third kappa shape index (κ3) is 0.671.